The van der Waals surface area contributed by atoms with Crippen LogP contribution in [-0.2, 0) is 6.61 Å². The smallest absolute Gasteiger partial charge is 0.349 e. The van der Waals surface area contributed by atoms with Gasteiger partial charge in [-0.2, -0.15) is 5.10 Å². The van der Waals surface area contributed by atoms with Gasteiger partial charge in [0.25, 0.3) is 5.56 Å². The van der Waals surface area contributed by atoms with Crippen LogP contribution in [0.5, 0.6) is 5.75 Å². The zero-order valence-electron chi connectivity index (χ0n) is 17.4. The lowest BCUT2D eigenvalue weighted by molar-refractivity contribution is 0.307. The zero-order chi connectivity index (χ0) is 22.8. The number of nitrogens with zero attached hydrogens (tertiary/aromatic N) is 2. The molecule has 0 fully saturated rings. The molecule has 4 aromatic carbocycles. The van der Waals surface area contributed by atoms with Gasteiger partial charge < -0.3 is 9.72 Å². The van der Waals surface area contributed by atoms with Crippen LogP contribution in [-0.4, -0.2) is 15.9 Å². The third-order valence-electron chi connectivity index (χ3n) is 5.33. The first-order valence-electron chi connectivity index (χ1n) is 10.3. The Morgan fingerprint density at radius 1 is 0.909 bits per heavy atom. The first-order chi connectivity index (χ1) is 16.1. The molecular formula is C26H18BrN3O3. The number of fused-ring (bicyclic) bond motifs is 2. The van der Waals surface area contributed by atoms with Gasteiger partial charge in [0, 0.05) is 10.0 Å². The molecule has 0 aliphatic heterocycles. The van der Waals surface area contributed by atoms with Crippen molar-refractivity contribution in [2.75, 3.05) is 0 Å². The number of hydrogen-bond acceptors (Lipinski definition) is 4. The van der Waals surface area contributed by atoms with Crippen molar-refractivity contribution in [1.29, 1.82) is 0 Å². The van der Waals surface area contributed by atoms with Crippen molar-refractivity contribution in [3.63, 3.8) is 0 Å². The molecular weight excluding hydrogens is 482 g/mol. The highest BCUT2D eigenvalue weighted by Gasteiger charge is 2.08. The number of aromatic amines is 1. The number of H-pyrrole nitrogens is 1. The lowest BCUT2D eigenvalue weighted by Gasteiger charge is -2.11. The van der Waals surface area contributed by atoms with E-state index in [4.69, 9.17) is 4.74 Å². The topological polar surface area (TPSA) is 76.5 Å². The maximum absolute atomic E-state index is 12.7. The molecule has 0 spiro atoms. The SMILES string of the molecule is O=c1[nH]c2ccccc2c(=O)n1N=Cc1cc(Br)ccc1OCc1cccc2ccccc12. The molecule has 0 atom stereocenters. The van der Waals surface area contributed by atoms with E-state index in [0.717, 1.165) is 25.5 Å². The number of ether oxygens (including phenoxy) is 1. The normalized spacial score (nSPS) is 11.4. The van der Waals surface area contributed by atoms with E-state index in [1.807, 2.05) is 42.5 Å². The maximum Gasteiger partial charge on any atom is 0.349 e. The van der Waals surface area contributed by atoms with Crippen molar-refractivity contribution in [3.05, 3.63) is 121 Å². The second-order valence-electron chi connectivity index (χ2n) is 7.45. The highest BCUT2D eigenvalue weighted by Crippen LogP contribution is 2.25. The average Bonchev–Trinajstić information content (AvgIpc) is 2.83. The van der Waals surface area contributed by atoms with Crippen molar-refractivity contribution < 1.29 is 4.74 Å². The predicted octanol–water partition coefficient (Wildman–Crippen LogP) is 5.07. The Balaban J connectivity index is 1.48. The number of benzene rings is 4. The molecule has 162 valence electrons. The highest BCUT2D eigenvalue weighted by atomic mass is 79.9. The lowest BCUT2D eigenvalue weighted by atomic mass is 10.1. The second-order valence-corrected chi connectivity index (χ2v) is 8.36. The Morgan fingerprint density at radius 2 is 1.67 bits per heavy atom. The van der Waals surface area contributed by atoms with Gasteiger partial charge in [0.15, 0.2) is 0 Å². The van der Waals surface area contributed by atoms with E-state index < -0.39 is 11.2 Å². The minimum atomic E-state index is -0.608. The molecule has 1 N–H and O–H groups in total. The number of aromatic nitrogens is 2. The monoisotopic (exact) mass is 499 g/mol. The molecule has 0 radical (unpaired) electrons. The minimum Gasteiger partial charge on any atom is -0.488 e. The Labute approximate surface area is 196 Å². The van der Waals surface area contributed by atoms with Gasteiger partial charge >= 0.3 is 5.69 Å². The standard InChI is InChI=1S/C26H18BrN3O3/c27-20-12-13-24(33-16-18-8-5-7-17-6-1-2-9-21(17)18)19(14-20)15-28-30-25(31)22-10-3-4-11-23(22)29-26(30)32/h1-15H,16H2,(H,29,32). The third-order valence-corrected chi connectivity index (χ3v) is 5.82. The molecule has 5 rings (SSSR count). The van der Waals surface area contributed by atoms with Crippen molar-refractivity contribution in [2.45, 2.75) is 6.61 Å². The Kier molecular flexibility index (Phi) is 5.62. The van der Waals surface area contributed by atoms with Crippen LogP contribution in [0.2, 0.25) is 0 Å². The summed E-state index contributed by atoms with van der Waals surface area (Å²) in [7, 11) is 0. The number of halogens is 1. The fourth-order valence-corrected chi connectivity index (χ4v) is 4.08. The van der Waals surface area contributed by atoms with Crippen molar-refractivity contribution in [3.8, 4) is 5.75 Å². The van der Waals surface area contributed by atoms with Crippen LogP contribution in [0.15, 0.2) is 104 Å². The lowest BCUT2D eigenvalue weighted by Crippen LogP contribution is -2.32. The maximum atomic E-state index is 12.7. The zero-order valence-corrected chi connectivity index (χ0v) is 19.0. The molecule has 33 heavy (non-hydrogen) atoms. The summed E-state index contributed by atoms with van der Waals surface area (Å²) in [6.45, 7) is 0.361. The Bertz CT molecular complexity index is 1630. The summed E-state index contributed by atoms with van der Waals surface area (Å²) >= 11 is 3.46. The minimum absolute atomic E-state index is 0.361. The molecule has 0 amide bonds. The van der Waals surface area contributed by atoms with Crippen molar-refractivity contribution >= 4 is 43.8 Å². The van der Waals surface area contributed by atoms with Crippen molar-refractivity contribution in [1.82, 2.24) is 9.66 Å². The van der Waals surface area contributed by atoms with E-state index in [1.165, 1.54) is 6.21 Å². The van der Waals surface area contributed by atoms with E-state index in [2.05, 4.69) is 44.2 Å². The van der Waals surface area contributed by atoms with E-state index in [-0.39, 0.29) is 0 Å². The van der Waals surface area contributed by atoms with Crippen LogP contribution in [0.25, 0.3) is 21.7 Å². The summed E-state index contributed by atoms with van der Waals surface area (Å²) in [4.78, 5) is 27.8. The fraction of sp³-hybridized carbons (Fsp3) is 0.0385. The van der Waals surface area contributed by atoms with Crippen LogP contribution >= 0.6 is 15.9 Å². The quantitative estimate of drug-likeness (QED) is 0.343. The summed E-state index contributed by atoms with van der Waals surface area (Å²) in [5.74, 6) is 0.583. The molecule has 5 aromatic rings. The molecule has 1 aromatic heterocycles. The molecule has 0 aliphatic carbocycles. The molecule has 7 heteroatoms. The van der Waals surface area contributed by atoms with E-state index >= 15 is 0 Å². The third kappa shape index (κ3) is 4.23. The van der Waals surface area contributed by atoms with Gasteiger partial charge in [-0.15, -0.1) is 4.68 Å². The van der Waals surface area contributed by atoms with Gasteiger partial charge in [-0.05, 0) is 46.7 Å². The number of hydrogen-bond donors (Lipinski definition) is 1. The van der Waals surface area contributed by atoms with E-state index in [0.29, 0.717) is 28.8 Å². The number of rotatable bonds is 5. The Morgan fingerprint density at radius 3 is 2.55 bits per heavy atom. The summed E-state index contributed by atoms with van der Waals surface area (Å²) in [6, 6.07) is 26.6. The summed E-state index contributed by atoms with van der Waals surface area (Å²) in [5, 5.41) is 6.82. The van der Waals surface area contributed by atoms with Gasteiger partial charge in [-0.25, -0.2) is 4.79 Å². The first-order valence-corrected chi connectivity index (χ1v) is 11.1. The average molecular weight is 500 g/mol. The first kappa shape index (κ1) is 20.9. The molecule has 1 heterocycles. The molecule has 6 nitrogen and oxygen atoms in total. The van der Waals surface area contributed by atoms with Crippen LogP contribution in [0.3, 0.4) is 0 Å². The predicted molar refractivity (Wildman–Crippen MR) is 134 cm³/mol. The summed E-state index contributed by atoms with van der Waals surface area (Å²) in [5.41, 5.74) is 1.06. The van der Waals surface area contributed by atoms with Crippen LogP contribution in [0, 0.1) is 0 Å². The van der Waals surface area contributed by atoms with E-state index in [9.17, 15) is 9.59 Å². The van der Waals surface area contributed by atoms with Gasteiger partial charge in [0.2, 0.25) is 0 Å². The molecule has 0 saturated carbocycles. The number of nitrogens with one attached hydrogen (secondary N) is 1. The Hall–Kier alpha value is -3.97. The highest BCUT2D eigenvalue weighted by molar-refractivity contribution is 9.10. The van der Waals surface area contributed by atoms with E-state index in [1.54, 1.807) is 24.3 Å². The second kappa shape index (κ2) is 8.88. The van der Waals surface area contributed by atoms with Gasteiger partial charge in [0.05, 0.1) is 17.1 Å². The largest absolute Gasteiger partial charge is 0.488 e. The van der Waals surface area contributed by atoms with Crippen LogP contribution in [0.1, 0.15) is 11.1 Å². The summed E-state index contributed by atoms with van der Waals surface area (Å²) in [6.07, 6.45) is 1.45. The number of para-hydroxylation sites is 1. The van der Waals surface area contributed by atoms with Gasteiger partial charge in [0.1, 0.15) is 12.4 Å². The van der Waals surface area contributed by atoms with Gasteiger partial charge in [-0.3, -0.25) is 4.79 Å². The van der Waals surface area contributed by atoms with Crippen molar-refractivity contribution in [2.24, 2.45) is 5.10 Å². The molecule has 0 aliphatic rings. The summed E-state index contributed by atoms with van der Waals surface area (Å²) < 4.78 is 7.76. The molecule has 0 bridgehead atoms. The van der Waals surface area contributed by atoms with Crippen LogP contribution < -0.4 is 16.0 Å². The van der Waals surface area contributed by atoms with Gasteiger partial charge in [-0.1, -0.05) is 70.5 Å². The molecule has 0 unspecified atom stereocenters. The molecule has 0 saturated heterocycles. The fourth-order valence-electron chi connectivity index (χ4n) is 3.70. The van der Waals surface area contributed by atoms with Crippen LogP contribution in [0.4, 0.5) is 0 Å².